The number of aromatic nitrogens is 1. The Kier molecular flexibility index (Phi) is 4.82. The van der Waals surface area contributed by atoms with E-state index < -0.39 is 22.5 Å². The van der Waals surface area contributed by atoms with Crippen LogP contribution in [-0.2, 0) is 10.8 Å². The summed E-state index contributed by atoms with van der Waals surface area (Å²) in [5, 5.41) is 2.42. The van der Waals surface area contributed by atoms with Gasteiger partial charge in [0.2, 0.25) is 0 Å². The zero-order valence-corrected chi connectivity index (χ0v) is 10.1. The highest BCUT2D eigenvalue weighted by Gasteiger charge is 2.12. The van der Waals surface area contributed by atoms with E-state index >= 15 is 0 Å². The number of pyridine rings is 1. The Morgan fingerprint density at radius 2 is 2.38 bits per heavy atom. The van der Waals surface area contributed by atoms with E-state index in [0.29, 0.717) is 5.75 Å². The monoisotopic (exact) mass is 264 g/mol. The fourth-order valence-corrected chi connectivity index (χ4v) is 1.56. The molecule has 1 N–H and O–H groups in total. The second-order valence-electron chi connectivity index (χ2n) is 3.03. The van der Waals surface area contributed by atoms with Crippen molar-refractivity contribution in [1.29, 1.82) is 0 Å². The highest BCUT2D eigenvalue weighted by atomic mass is 35.5. The zero-order chi connectivity index (χ0) is 12.1. The summed E-state index contributed by atoms with van der Waals surface area (Å²) in [4.78, 5) is 15.0. The van der Waals surface area contributed by atoms with Gasteiger partial charge in [0, 0.05) is 29.4 Å². The Balaban J connectivity index is 2.65. The maximum Gasteiger partial charge on any atom is 0.254 e. The van der Waals surface area contributed by atoms with Crippen LogP contribution >= 0.6 is 11.6 Å². The van der Waals surface area contributed by atoms with Gasteiger partial charge in [-0.05, 0) is 6.07 Å². The molecule has 88 valence electrons. The summed E-state index contributed by atoms with van der Waals surface area (Å²) in [5.41, 5.74) is -0.0245. The van der Waals surface area contributed by atoms with Gasteiger partial charge >= 0.3 is 0 Å². The molecule has 0 aromatic carbocycles. The average molecular weight is 265 g/mol. The maximum atomic E-state index is 12.8. The lowest BCUT2D eigenvalue weighted by atomic mass is 10.2. The second kappa shape index (κ2) is 5.91. The molecule has 0 aliphatic rings. The summed E-state index contributed by atoms with van der Waals surface area (Å²) in [6.45, 7) is 0.245. The third-order valence-corrected chi connectivity index (χ3v) is 2.81. The first-order valence-electron chi connectivity index (χ1n) is 4.40. The van der Waals surface area contributed by atoms with Gasteiger partial charge < -0.3 is 5.32 Å². The van der Waals surface area contributed by atoms with Crippen molar-refractivity contribution >= 4 is 28.3 Å². The molecule has 0 saturated heterocycles. The lowest BCUT2D eigenvalue weighted by Gasteiger charge is -2.05. The number of nitrogens with one attached hydrogen (secondary N) is 1. The minimum Gasteiger partial charge on any atom is -0.351 e. The first-order chi connectivity index (χ1) is 7.50. The molecular formula is C9H10ClFN2O2S. The van der Waals surface area contributed by atoms with Gasteiger partial charge in [-0.1, -0.05) is 11.6 Å². The van der Waals surface area contributed by atoms with Crippen molar-refractivity contribution in [1.82, 2.24) is 10.3 Å². The van der Waals surface area contributed by atoms with Crippen molar-refractivity contribution in [2.24, 2.45) is 0 Å². The molecule has 7 heteroatoms. The third kappa shape index (κ3) is 3.86. The Hall–Kier alpha value is -1.01. The topological polar surface area (TPSA) is 59.1 Å². The number of hydrogen-bond acceptors (Lipinski definition) is 3. The standard InChI is InChI=1S/C9H10ClFN2O2S/c1-16(15)3-2-12-9(14)7-4-6(11)5-13-8(7)10/h4-5H,2-3H2,1H3,(H,12,14). The smallest absolute Gasteiger partial charge is 0.254 e. The first kappa shape index (κ1) is 13.1. The molecule has 1 unspecified atom stereocenters. The van der Waals surface area contributed by atoms with E-state index in [1.54, 1.807) is 0 Å². The Labute approximate surface area is 99.7 Å². The summed E-state index contributed by atoms with van der Waals surface area (Å²) in [5.74, 6) is -0.817. The van der Waals surface area contributed by atoms with E-state index in [4.69, 9.17) is 11.6 Å². The van der Waals surface area contributed by atoms with Gasteiger partial charge in [0.25, 0.3) is 5.91 Å². The Morgan fingerprint density at radius 1 is 1.69 bits per heavy atom. The summed E-state index contributed by atoms with van der Waals surface area (Å²) >= 11 is 5.63. The van der Waals surface area contributed by atoms with Crippen LogP contribution in [0.25, 0.3) is 0 Å². The Bertz CT molecular complexity index is 428. The van der Waals surface area contributed by atoms with Gasteiger partial charge in [0.05, 0.1) is 11.8 Å². The predicted octanol–water partition coefficient (Wildman–Crippen LogP) is 0.982. The van der Waals surface area contributed by atoms with Crippen molar-refractivity contribution in [2.45, 2.75) is 0 Å². The van der Waals surface area contributed by atoms with Gasteiger partial charge in [0.1, 0.15) is 11.0 Å². The molecule has 0 bridgehead atoms. The fraction of sp³-hybridized carbons (Fsp3) is 0.333. The zero-order valence-electron chi connectivity index (χ0n) is 8.50. The fourth-order valence-electron chi connectivity index (χ4n) is 0.985. The molecule has 0 aliphatic carbocycles. The first-order valence-corrected chi connectivity index (χ1v) is 6.50. The van der Waals surface area contributed by atoms with E-state index in [9.17, 15) is 13.4 Å². The molecule has 16 heavy (non-hydrogen) atoms. The normalized spacial score (nSPS) is 12.2. The van der Waals surface area contributed by atoms with Crippen LogP contribution in [0.1, 0.15) is 10.4 Å². The molecule has 1 rings (SSSR count). The van der Waals surface area contributed by atoms with Crippen molar-refractivity contribution in [3.05, 3.63) is 28.8 Å². The van der Waals surface area contributed by atoms with E-state index in [1.807, 2.05) is 0 Å². The molecule has 1 atom stereocenters. The number of rotatable bonds is 4. The van der Waals surface area contributed by atoms with Crippen LogP contribution in [0.3, 0.4) is 0 Å². The quantitative estimate of drug-likeness (QED) is 0.825. The van der Waals surface area contributed by atoms with Crippen LogP contribution in [0, 0.1) is 5.82 Å². The van der Waals surface area contributed by atoms with Gasteiger partial charge in [-0.25, -0.2) is 9.37 Å². The number of nitrogens with zero attached hydrogens (tertiary/aromatic N) is 1. The van der Waals surface area contributed by atoms with Crippen LogP contribution in [0.5, 0.6) is 0 Å². The van der Waals surface area contributed by atoms with Gasteiger partial charge in [0.15, 0.2) is 0 Å². The maximum absolute atomic E-state index is 12.8. The van der Waals surface area contributed by atoms with Crippen LogP contribution < -0.4 is 5.32 Å². The molecular weight excluding hydrogens is 255 g/mol. The number of amides is 1. The lowest BCUT2D eigenvalue weighted by Crippen LogP contribution is -2.28. The second-order valence-corrected chi connectivity index (χ2v) is 4.94. The predicted molar refractivity (Wildman–Crippen MR) is 60.5 cm³/mol. The highest BCUT2D eigenvalue weighted by Crippen LogP contribution is 2.13. The van der Waals surface area contributed by atoms with Crippen LogP contribution in [0.15, 0.2) is 12.3 Å². The van der Waals surface area contributed by atoms with Crippen molar-refractivity contribution in [3.63, 3.8) is 0 Å². The van der Waals surface area contributed by atoms with Crippen molar-refractivity contribution in [3.8, 4) is 0 Å². The average Bonchev–Trinajstić information content (AvgIpc) is 2.21. The molecule has 0 saturated carbocycles. The molecule has 1 aromatic rings. The van der Waals surface area contributed by atoms with Gasteiger partial charge in [-0.2, -0.15) is 0 Å². The number of hydrogen-bond donors (Lipinski definition) is 1. The largest absolute Gasteiger partial charge is 0.351 e. The molecule has 0 spiro atoms. The van der Waals surface area contributed by atoms with Crippen LogP contribution in [0.2, 0.25) is 5.15 Å². The highest BCUT2D eigenvalue weighted by molar-refractivity contribution is 7.84. The molecule has 1 heterocycles. The molecule has 1 aromatic heterocycles. The van der Waals surface area contributed by atoms with Crippen LogP contribution in [0.4, 0.5) is 4.39 Å². The lowest BCUT2D eigenvalue weighted by molar-refractivity contribution is 0.0955. The molecule has 0 radical (unpaired) electrons. The van der Waals surface area contributed by atoms with Crippen molar-refractivity contribution < 1.29 is 13.4 Å². The van der Waals surface area contributed by atoms with E-state index in [1.165, 1.54) is 6.26 Å². The summed E-state index contributed by atoms with van der Waals surface area (Å²) < 4.78 is 23.6. The molecule has 4 nitrogen and oxygen atoms in total. The van der Waals surface area contributed by atoms with Crippen molar-refractivity contribution in [2.75, 3.05) is 18.6 Å². The van der Waals surface area contributed by atoms with E-state index in [-0.39, 0.29) is 17.3 Å². The Morgan fingerprint density at radius 3 is 3.00 bits per heavy atom. The minimum atomic E-state index is -0.986. The van der Waals surface area contributed by atoms with Gasteiger partial charge in [-0.15, -0.1) is 0 Å². The van der Waals surface area contributed by atoms with Gasteiger partial charge in [-0.3, -0.25) is 9.00 Å². The summed E-state index contributed by atoms with van der Waals surface area (Å²) in [6.07, 6.45) is 2.46. The molecule has 1 amide bonds. The minimum absolute atomic E-state index is 0.0245. The van der Waals surface area contributed by atoms with E-state index in [0.717, 1.165) is 12.3 Å². The van der Waals surface area contributed by atoms with Crippen LogP contribution in [-0.4, -0.2) is 33.7 Å². The molecule has 0 fully saturated rings. The number of carbonyl (C=O) groups is 1. The summed E-state index contributed by atoms with van der Waals surface area (Å²) in [6, 6.07) is 1.01. The SMILES string of the molecule is CS(=O)CCNC(=O)c1cc(F)cnc1Cl. The number of halogens is 2. The summed E-state index contributed by atoms with van der Waals surface area (Å²) in [7, 11) is -0.986. The van der Waals surface area contributed by atoms with E-state index in [2.05, 4.69) is 10.3 Å². The molecule has 0 aliphatic heterocycles. The third-order valence-electron chi connectivity index (χ3n) is 1.73. The number of carbonyl (C=O) groups excluding carboxylic acids is 1.